The first-order valence-electron chi connectivity index (χ1n) is 8.01. The summed E-state index contributed by atoms with van der Waals surface area (Å²) in [6, 6.07) is 9.52. The topological polar surface area (TPSA) is 71.6 Å². The summed E-state index contributed by atoms with van der Waals surface area (Å²) in [5.41, 5.74) is 5.57. The molecule has 3 aromatic rings. The van der Waals surface area contributed by atoms with Crippen LogP contribution in [-0.2, 0) is 11.2 Å². The number of H-pyrrole nitrogens is 1. The predicted octanol–water partition coefficient (Wildman–Crippen LogP) is 4.10. The molecule has 25 heavy (non-hydrogen) atoms. The summed E-state index contributed by atoms with van der Waals surface area (Å²) in [5, 5.41) is 10.3. The number of aromatic amines is 1. The zero-order valence-electron chi connectivity index (χ0n) is 14.8. The van der Waals surface area contributed by atoms with Crippen LogP contribution in [0.4, 0.5) is 0 Å². The molecule has 0 aliphatic rings. The first-order chi connectivity index (χ1) is 12.0. The standard InChI is InChI=1S/C20H21NO4/c1-11-5-7-14-16(10-18(22)23)20(21-19(14)12(11)2)15-8-6-13(24-3)9-17(15)25-4/h5-9,21H,10H2,1-4H3,(H,22,23). The highest BCUT2D eigenvalue weighted by atomic mass is 16.5. The van der Waals surface area contributed by atoms with Crippen LogP contribution >= 0.6 is 0 Å². The van der Waals surface area contributed by atoms with E-state index in [2.05, 4.69) is 4.98 Å². The van der Waals surface area contributed by atoms with Gasteiger partial charge in [0.15, 0.2) is 0 Å². The largest absolute Gasteiger partial charge is 0.497 e. The third kappa shape index (κ3) is 2.93. The van der Waals surface area contributed by atoms with E-state index in [1.807, 2.05) is 38.1 Å². The van der Waals surface area contributed by atoms with Crippen LogP contribution in [0.1, 0.15) is 16.7 Å². The molecule has 5 nitrogen and oxygen atoms in total. The normalized spacial score (nSPS) is 10.9. The first-order valence-corrected chi connectivity index (χ1v) is 8.01. The van der Waals surface area contributed by atoms with Gasteiger partial charge in [-0.1, -0.05) is 12.1 Å². The van der Waals surface area contributed by atoms with Crippen molar-refractivity contribution in [2.24, 2.45) is 0 Å². The van der Waals surface area contributed by atoms with Crippen LogP contribution in [0.3, 0.4) is 0 Å². The number of aryl methyl sites for hydroxylation is 2. The molecule has 5 heteroatoms. The Kier molecular flexibility index (Phi) is 4.40. The quantitative estimate of drug-likeness (QED) is 0.734. The highest BCUT2D eigenvalue weighted by molar-refractivity contribution is 5.96. The van der Waals surface area contributed by atoms with Crippen molar-refractivity contribution in [3.63, 3.8) is 0 Å². The van der Waals surface area contributed by atoms with Crippen molar-refractivity contribution in [2.45, 2.75) is 20.3 Å². The maximum Gasteiger partial charge on any atom is 0.307 e. The van der Waals surface area contributed by atoms with Gasteiger partial charge < -0.3 is 19.6 Å². The Bertz CT molecular complexity index is 956. The zero-order chi connectivity index (χ0) is 18.1. The summed E-state index contributed by atoms with van der Waals surface area (Å²) in [6.07, 6.45) is -0.0625. The van der Waals surface area contributed by atoms with Crippen LogP contribution in [-0.4, -0.2) is 30.3 Å². The summed E-state index contributed by atoms with van der Waals surface area (Å²) in [5.74, 6) is 0.447. The average Bonchev–Trinajstić information content (AvgIpc) is 2.96. The number of nitrogens with one attached hydrogen (secondary N) is 1. The van der Waals surface area contributed by atoms with Crippen LogP contribution in [0.2, 0.25) is 0 Å². The van der Waals surface area contributed by atoms with Gasteiger partial charge in [-0.25, -0.2) is 0 Å². The van der Waals surface area contributed by atoms with Crippen LogP contribution < -0.4 is 9.47 Å². The minimum absolute atomic E-state index is 0.0625. The van der Waals surface area contributed by atoms with E-state index >= 15 is 0 Å². The second-order valence-corrected chi connectivity index (χ2v) is 6.05. The lowest BCUT2D eigenvalue weighted by Crippen LogP contribution is -2.01. The van der Waals surface area contributed by atoms with Gasteiger partial charge in [-0.2, -0.15) is 0 Å². The molecule has 2 N–H and O–H groups in total. The van der Waals surface area contributed by atoms with Gasteiger partial charge in [-0.05, 0) is 42.7 Å². The van der Waals surface area contributed by atoms with E-state index in [0.717, 1.165) is 38.9 Å². The van der Waals surface area contributed by atoms with E-state index in [1.165, 1.54) is 0 Å². The number of aromatic nitrogens is 1. The number of fused-ring (bicyclic) bond motifs is 1. The highest BCUT2D eigenvalue weighted by Crippen LogP contribution is 2.39. The number of ether oxygens (including phenoxy) is 2. The lowest BCUT2D eigenvalue weighted by molar-refractivity contribution is -0.136. The fourth-order valence-electron chi connectivity index (χ4n) is 3.13. The second-order valence-electron chi connectivity index (χ2n) is 6.05. The molecule has 0 aliphatic carbocycles. The second kappa shape index (κ2) is 6.51. The SMILES string of the molecule is COc1ccc(-c2[nH]c3c(C)c(C)ccc3c2CC(=O)O)c(OC)c1. The van der Waals surface area contributed by atoms with Crippen molar-refractivity contribution in [1.82, 2.24) is 4.98 Å². The third-order valence-electron chi connectivity index (χ3n) is 4.62. The summed E-state index contributed by atoms with van der Waals surface area (Å²) >= 11 is 0. The van der Waals surface area contributed by atoms with E-state index in [0.29, 0.717) is 11.5 Å². The highest BCUT2D eigenvalue weighted by Gasteiger charge is 2.20. The van der Waals surface area contributed by atoms with Gasteiger partial charge in [-0.3, -0.25) is 4.79 Å². The molecule has 0 unspecified atom stereocenters. The molecule has 0 fully saturated rings. The number of carbonyl (C=O) groups is 1. The minimum Gasteiger partial charge on any atom is -0.497 e. The number of benzene rings is 2. The predicted molar refractivity (Wildman–Crippen MR) is 97.7 cm³/mol. The molecular weight excluding hydrogens is 318 g/mol. The molecule has 0 aliphatic heterocycles. The smallest absolute Gasteiger partial charge is 0.307 e. The first kappa shape index (κ1) is 16.9. The number of methoxy groups -OCH3 is 2. The molecule has 0 saturated carbocycles. The van der Waals surface area contributed by atoms with Crippen LogP contribution in [0.25, 0.3) is 22.2 Å². The lowest BCUT2D eigenvalue weighted by Gasteiger charge is -2.11. The maximum atomic E-state index is 11.4. The Labute approximate surface area is 146 Å². The van der Waals surface area contributed by atoms with Crippen molar-refractivity contribution >= 4 is 16.9 Å². The summed E-state index contributed by atoms with van der Waals surface area (Å²) in [4.78, 5) is 14.9. The van der Waals surface area contributed by atoms with Crippen molar-refractivity contribution in [2.75, 3.05) is 14.2 Å². The number of carboxylic acids is 1. The number of carboxylic acid groups (broad SMARTS) is 1. The average molecular weight is 339 g/mol. The Balaban J connectivity index is 2.32. The lowest BCUT2D eigenvalue weighted by atomic mass is 9.99. The molecule has 2 aromatic carbocycles. The Hall–Kier alpha value is -2.95. The van der Waals surface area contributed by atoms with Gasteiger partial charge in [0.25, 0.3) is 0 Å². The molecule has 0 saturated heterocycles. The summed E-state index contributed by atoms with van der Waals surface area (Å²) < 4.78 is 10.8. The molecule has 0 radical (unpaired) electrons. The van der Waals surface area contributed by atoms with E-state index in [9.17, 15) is 9.90 Å². The third-order valence-corrected chi connectivity index (χ3v) is 4.62. The van der Waals surface area contributed by atoms with E-state index < -0.39 is 5.97 Å². The van der Waals surface area contributed by atoms with Gasteiger partial charge in [0.2, 0.25) is 0 Å². The van der Waals surface area contributed by atoms with Crippen molar-refractivity contribution < 1.29 is 19.4 Å². The zero-order valence-corrected chi connectivity index (χ0v) is 14.8. The van der Waals surface area contributed by atoms with E-state index in [4.69, 9.17) is 9.47 Å². The van der Waals surface area contributed by atoms with Gasteiger partial charge in [0, 0.05) is 22.5 Å². The van der Waals surface area contributed by atoms with Gasteiger partial charge >= 0.3 is 5.97 Å². The number of aliphatic carboxylic acids is 1. The van der Waals surface area contributed by atoms with Crippen molar-refractivity contribution in [3.05, 3.63) is 47.0 Å². The van der Waals surface area contributed by atoms with Crippen molar-refractivity contribution in [3.8, 4) is 22.8 Å². The molecular formula is C20H21NO4. The van der Waals surface area contributed by atoms with Crippen LogP contribution in [0.15, 0.2) is 30.3 Å². The molecule has 130 valence electrons. The summed E-state index contributed by atoms with van der Waals surface area (Å²) in [6.45, 7) is 4.08. The molecule has 1 heterocycles. The molecule has 0 amide bonds. The molecule has 0 atom stereocenters. The molecule has 1 aromatic heterocycles. The van der Waals surface area contributed by atoms with Gasteiger partial charge in [-0.15, -0.1) is 0 Å². The number of hydrogen-bond acceptors (Lipinski definition) is 3. The fourth-order valence-corrected chi connectivity index (χ4v) is 3.13. The minimum atomic E-state index is -0.868. The van der Waals surface area contributed by atoms with Gasteiger partial charge in [0.1, 0.15) is 11.5 Å². The van der Waals surface area contributed by atoms with Gasteiger partial charge in [0.05, 0.1) is 26.3 Å². The summed E-state index contributed by atoms with van der Waals surface area (Å²) in [7, 11) is 3.19. The van der Waals surface area contributed by atoms with Crippen LogP contribution in [0.5, 0.6) is 11.5 Å². The molecule has 3 rings (SSSR count). The number of rotatable bonds is 5. The van der Waals surface area contributed by atoms with E-state index in [1.54, 1.807) is 20.3 Å². The Morgan fingerprint density at radius 3 is 2.52 bits per heavy atom. The molecule has 0 spiro atoms. The number of hydrogen-bond donors (Lipinski definition) is 2. The van der Waals surface area contributed by atoms with Crippen LogP contribution in [0, 0.1) is 13.8 Å². The van der Waals surface area contributed by atoms with E-state index in [-0.39, 0.29) is 6.42 Å². The Morgan fingerprint density at radius 1 is 1.12 bits per heavy atom. The fraction of sp³-hybridized carbons (Fsp3) is 0.250. The Morgan fingerprint density at radius 2 is 1.88 bits per heavy atom. The molecule has 0 bridgehead atoms. The maximum absolute atomic E-state index is 11.4. The monoisotopic (exact) mass is 339 g/mol. The van der Waals surface area contributed by atoms with Crippen molar-refractivity contribution in [1.29, 1.82) is 0 Å².